The van der Waals surface area contributed by atoms with Gasteiger partial charge in [-0.2, -0.15) is 0 Å². The number of thiazole rings is 1. The van der Waals surface area contributed by atoms with Gasteiger partial charge < -0.3 is 9.52 Å². The van der Waals surface area contributed by atoms with Crippen LogP contribution in [0.25, 0.3) is 5.76 Å². The quantitative estimate of drug-likeness (QED) is 0.422. The second kappa shape index (κ2) is 6.51. The second-order valence-corrected chi connectivity index (χ2v) is 7.37. The zero-order chi connectivity index (χ0) is 19.1. The Hall–Kier alpha value is -3.19. The summed E-state index contributed by atoms with van der Waals surface area (Å²) in [5.74, 6) is -1.34. The topological polar surface area (TPSA) is 83.6 Å². The number of carbonyl (C=O) groups is 2. The van der Waals surface area contributed by atoms with Gasteiger partial charge in [-0.25, -0.2) is 4.98 Å². The van der Waals surface area contributed by atoms with Crippen LogP contribution < -0.4 is 4.90 Å². The first-order chi connectivity index (χ1) is 13.0. The Kier molecular flexibility index (Phi) is 4.16. The highest BCUT2D eigenvalue weighted by molar-refractivity contribution is 7.16. The van der Waals surface area contributed by atoms with Gasteiger partial charge in [0.25, 0.3) is 5.78 Å². The molecule has 4 rings (SSSR count). The number of aromatic nitrogens is 1. The number of benzene rings is 1. The van der Waals surface area contributed by atoms with Gasteiger partial charge in [-0.15, -0.1) is 11.3 Å². The molecule has 1 aliphatic heterocycles. The molecule has 1 amide bonds. The van der Waals surface area contributed by atoms with E-state index in [9.17, 15) is 14.7 Å². The fourth-order valence-electron chi connectivity index (χ4n) is 3.06. The number of aliphatic hydroxyl groups excluding tert-OH is 1. The number of rotatable bonds is 3. The third kappa shape index (κ3) is 2.76. The molecule has 2 aromatic heterocycles. The van der Waals surface area contributed by atoms with E-state index in [1.54, 1.807) is 42.5 Å². The fourth-order valence-corrected chi connectivity index (χ4v) is 3.99. The minimum atomic E-state index is -0.870. The summed E-state index contributed by atoms with van der Waals surface area (Å²) >= 11 is 1.32. The Morgan fingerprint density at radius 1 is 1.15 bits per heavy atom. The van der Waals surface area contributed by atoms with Crippen LogP contribution in [-0.4, -0.2) is 21.8 Å². The van der Waals surface area contributed by atoms with Gasteiger partial charge in [-0.3, -0.25) is 14.5 Å². The molecule has 0 unspecified atom stereocenters. The van der Waals surface area contributed by atoms with Crippen LogP contribution in [0.15, 0.2) is 58.7 Å². The number of anilines is 1. The van der Waals surface area contributed by atoms with Gasteiger partial charge in [-0.05, 0) is 26.0 Å². The van der Waals surface area contributed by atoms with Crippen LogP contribution >= 0.6 is 11.3 Å². The Bertz CT molecular complexity index is 1030. The third-order valence-electron chi connectivity index (χ3n) is 4.53. The maximum Gasteiger partial charge on any atom is 0.302 e. The highest BCUT2D eigenvalue weighted by Crippen LogP contribution is 2.43. The summed E-state index contributed by atoms with van der Waals surface area (Å²) in [5, 5.41) is 11.2. The molecule has 0 saturated carbocycles. The molecular formula is C20H16N2O4S. The van der Waals surface area contributed by atoms with Gasteiger partial charge in [0.2, 0.25) is 0 Å². The first-order valence-corrected chi connectivity index (χ1v) is 9.14. The van der Waals surface area contributed by atoms with Crippen molar-refractivity contribution in [3.05, 3.63) is 76.2 Å². The number of nitrogens with zero attached hydrogens (tertiary/aromatic N) is 2. The molecule has 7 heteroatoms. The highest BCUT2D eigenvalue weighted by Gasteiger charge is 2.49. The minimum Gasteiger partial charge on any atom is -0.507 e. The molecule has 1 aliphatic rings. The normalized spacial score (nSPS) is 19.0. The van der Waals surface area contributed by atoms with E-state index < -0.39 is 17.7 Å². The predicted octanol–water partition coefficient (Wildman–Crippen LogP) is 3.98. The summed E-state index contributed by atoms with van der Waals surface area (Å²) in [5.41, 5.74) is 1.24. The highest BCUT2D eigenvalue weighted by atomic mass is 32.1. The van der Waals surface area contributed by atoms with E-state index in [0.717, 1.165) is 10.6 Å². The van der Waals surface area contributed by atoms with E-state index in [2.05, 4.69) is 4.98 Å². The van der Waals surface area contributed by atoms with E-state index in [0.29, 0.717) is 16.5 Å². The van der Waals surface area contributed by atoms with Gasteiger partial charge in [0.1, 0.15) is 17.6 Å². The van der Waals surface area contributed by atoms with Crippen molar-refractivity contribution in [1.82, 2.24) is 4.98 Å². The number of aryl methyl sites for hydroxylation is 2. The molecule has 136 valence electrons. The van der Waals surface area contributed by atoms with Crippen molar-refractivity contribution in [2.24, 2.45) is 0 Å². The molecule has 1 N–H and O–H groups in total. The first-order valence-electron chi connectivity index (χ1n) is 8.33. The van der Waals surface area contributed by atoms with E-state index >= 15 is 0 Å². The number of Topliss-reactive ketones (excluding diaryl/α,β-unsaturated/α-hetero) is 1. The van der Waals surface area contributed by atoms with Gasteiger partial charge in [0, 0.05) is 10.4 Å². The zero-order valence-electron chi connectivity index (χ0n) is 14.7. The number of ketones is 1. The smallest absolute Gasteiger partial charge is 0.302 e. The van der Waals surface area contributed by atoms with Gasteiger partial charge in [-0.1, -0.05) is 30.3 Å². The molecule has 1 fully saturated rings. The average molecular weight is 380 g/mol. The monoisotopic (exact) mass is 380 g/mol. The van der Waals surface area contributed by atoms with Crippen molar-refractivity contribution >= 4 is 33.9 Å². The maximum absolute atomic E-state index is 12.8. The number of aliphatic hydroxyl groups is 1. The molecule has 3 aromatic rings. The summed E-state index contributed by atoms with van der Waals surface area (Å²) in [4.78, 5) is 32.3. The van der Waals surface area contributed by atoms with Crippen LogP contribution in [0.4, 0.5) is 5.13 Å². The van der Waals surface area contributed by atoms with Gasteiger partial charge in [0.15, 0.2) is 5.13 Å². The van der Waals surface area contributed by atoms with Gasteiger partial charge >= 0.3 is 5.91 Å². The molecule has 0 aliphatic carbocycles. The summed E-state index contributed by atoms with van der Waals surface area (Å²) in [6.45, 7) is 3.75. The van der Waals surface area contributed by atoms with Crippen LogP contribution in [0.5, 0.6) is 0 Å². The molecule has 1 aromatic carbocycles. The number of hydrogen-bond donors (Lipinski definition) is 1. The zero-order valence-corrected chi connectivity index (χ0v) is 15.5. The van der Waals surface area contributed by atoms with E-state index in [4.69, 9.17) is 4.42 Å². The molecule has 0 bridgehead atoms. The standard InChI is InChI=1S/C20H16N2O4S/c1-11-12(2)27-20(21-11)22-16(14-9-6-10-26-14)15(18(24)19(22)25)17(23)13-7-4-3-5-8-13/h3-10,16,23H,1-2H3/b17-15+/t16-/m1/s1. The van der Waals surface area contributed by atoms with E-state index in [-0.39, 0.29) is 11.3 Å². The molecular weight excluding hydrogens is 364 g/mol. The number of amides is 1. The van der Waals surface area contributed by atoms with Crippen molar-refractivity contribution in [3.8, 4) is 0 Å². The van der Waals surface area contributed by atoms with Gasteiger partial charge in [0.05, 0.1) is 17.5 Å². The SMILES string of the molecule is Cc1nc(N2C(=O)C(=O)/C(=C(/O)c3ccccc3)[C@H]2c2ccco2)sc1C. The molecule has 1 atom stereocenters. The number of hydrogen-bond acceptors (Lipinski definition) is 6. The maximum atomic E-state index is 12.8. The van der Waals surface area contributed by atoms with Crippen molar-refractivity contribution in [1.29, 1.82) is 0 Å². The Morgan fingerprint density at radius 3 is 2.48 bits per heavy atom. The lowest BCUT2D eigenvalue weighted by Gasteiger charge is -2.20. The number of carbonyl (C=O) groups excluding carboxylic acids is 2. The molecule has 0 radical (unpaired) electrons. The van der Waals surface area contributed by atoms with E-state index in [1.807, 2.05) is 13.8 Å². The Labute approximate surface area is 159 Å². The molecule has 3 heterocycles. The summed E-state index contributed by atoms with van der Waals surface area (Å²) in [7, 11) is 0. The van der Waals surface area contributed by atoms with Crippen LogP contribution in [0.1, 0.15) is 27.9 Å². The summed E-state index contributed by atoms with van der Waals surface area (Å²) in [6.07, 6.45) is 1.47. The average Bonchev–Trinajstić information content (AvgIpc) is 3.36. The lowest BCUT2D eigenvalue weighted by Crippen LogP contribution is -2.29. The largest absolute Gasteiger partial charge is 0.507 e. The molecule has 27 heavy (non-hydrogen) atoms. The summed E-state index contributed by atoms with van der Waals surface area (Å²) < 4.78 is 5.50. The van der Waals surface area contributed by atoms with Crippen molar-refractivity contribution < 1.29 is 19.1 Å². The minimum absolute atomic E-state index is 0.00773. The summed E-state index contributed by atoms with van der Waals surface area (Å²) in [6, 6.07) is 11.2. The second-order valence-electron chi connectivity index (χ2n) is 6.19. The van der Waals surface area contributed by atoms with Crippen LogP contribution in [0, 0.1) is 13.8 Å². The third-order valence-corrected chi connectivity index (χ3v) is 5.60. The predicted molar refractivity (Wildman–Crippen MR) is 102 cm³/mol. The molecule has 6 nitrogen and oxygen atoms in total. The lowest BCUT2D eigenvalue weighted by atomic mass is 9.99. The molecule has 0 spiro atoms. The van der Waals surface area contributed by atoms with Crippen molar-refractivity contribution in [3.63, 3.8) is 0 Å². The van der Waals surface area contributed by atoms with Crippen molar-refractivity contribution in [2.75, 3.05) is 4.90 Å². The molecule has 1 saturated heterocycles. The van der Waals surface area contributed by atoms with Crippen molar-refractivity contribution in [2.45, 2.75) is 19.9 Å². The van der Waals surface area contributed by atoms with Crippen LogP contribution in [0.3, 0.4) is 0 Å². The lowest BCUT2D eigenvalue weighted by molar-refractivity contribution is -0.132. The fraction of sp³-hybridized carbons (Fsp3) is 0.150. The van der Waals surface area contributed by atoms with E-state index in [1.165, 1.54) is 22.5 Å². The number of furan rings is 1. The Balaban J connectivity index is 1.94. The Morgan fingerprint density at radius 2 is 1.89 bits per heavy atom. The van der Waals surface area contributed by atoms with Crippen LogP contribution in [0.2, 0.25) is 0 Å². The first kappa shape index (κ1) is 17.2. The van der Waals surface area contributed by atoms with Crippen LogP contribution in [-0.2, 0) is 9.59 Å².